The van der Waals surface area contributed by atoms with Gasteiger partial charge in [-0.25, -0.2) is 8.78 Å². The van der Waals surface area contributed by atoms with Crippen molar-refractivity contribution in [2.45, 2.75) is 13.0 Å². The predicted molar refractivity (Wildman–Crippen MR) is 104 cm³/mol. The van der Waals surface area contributed by atoms with Crippen LogP contribution in [0.5, 0.6) is 0 Å². The van der Waals surface area contributed by atoms with E-state index in [4.69, 9.17) is 2.74 Å². The first-order valence-corrected chi connectivity index (χ1v) is 8.95. The third-order valence-corrected chi connectivity index (χ3v) is 4.93. The van der Waals surface area contributed by atoms with Crippen molar-refractivity contribution in [1.29, 1.82) is 0 Å². The summed E-state index contributed by atoms with van der Waals surface area (Å²) in [6.45, 7) is -2.82. The molecule has 144 valence electrons. The summed E-state index contributed by atoms with van der Waals surface area (Å²) in [6.07, 6.45) is 3.19. The molecule has 2 aromatic heterocycles. The molecule has 29 heavy (non-hydrogen) atoms. The molecule has 3 heterocycles. The van der Waals surface area contributed by atoms with Crippen LogP contribution in [0.1, 0.15) is 24.4 Å². The molecule has 0 unspecified atom stereocenters. The van der Waals surface area contributed by atoms with E-state index in [0.717, 1.165) is 15.8 Å². The summed E-state index contributed by atoms with van der Waals surface area (Å²) in [5, 5.41) is 5.12. The van der Waals surface area contributed by atoms with E-state index in [2.05, 4.69) is 10.1 Å². The Labute approximate surface area is 168 Å². The lowest BCUT2D eigenvalue weighted by Gasteiger charge is -2.17. The van der Waals surface area contributed by atoms with Gasteiger partial charge in [-0.1, -0.05) is 6.07 Å². The minimum atomic E-state index is -2.27. The Morgan fingerprint density at radius 3 is 2.69 bits per heavy atom. The van der Waals surface area contributed by atoms with Crippen molar-refractivity contribution >= 4 is 16.8 Å². The summed E-state index contributed by atoms with van der Waals surface area (Å²) in [5.74, 6) is -2.36. The van der Waals surface area contributed by atoms with Gasteiger partial charge in [-0.3, -0.25) is 14.5 Å². The van der Waals surface area contributed by atoms with Gasteiger partial charge >= 0.3 is 0 Å². The van der Waals surface area contributed by atoms with Crippen molar-refractivity contribution in [2.75, 3.05) is 0 Å². The van der Waals surface area contributed by atoms with Gasteiger partial charge in [0.25, 0.3) is 5.91 Å². The van der Waals surface area contributed by atoms with Gasteiger partial charge in [-0.05, 0) is 47.5 Å². The van der Waals surface area contributed by atoms with E-state index < -0.39 is 30.6 Å². The number of carbonyl (C=O) groups is 1. The number of rotatable bonds is 3. The fourth-order valence-corrected chi connectivity index (χ4v) is 3.51. The van der Waals surface area contributed by atoms with Crippen LogP contribution in [-0.2, 0) is 20.1 Å². The molecule has 5 nitrogen and oxygen atoms in total. The van der Waals surface area contributed by atoms with Crippen LogP contribution in [0.15, 0.2) is 54.9 Å². The fourth-order valence-electron chi connectivity index (χ4n) is 3.51. The summed E-state index contributed by atoms with van der Waals surface area (Å²) in [7, 11) is 1.79. The highest BCUT2D eigenvalue weighted by atomic mass is 19.1. The number of benzene rings is 2. The zero-order valence-corrected chi connectivity index (χ0v) is 15.4. The third kappa shape index (κ3) is 2.95. The van der Waals surface area contributed by atoms with Crippen molar-refractivity contribution in [3.8, 4) is 11.1 Å². The largest absolute Gasteiger partial charge is 0.328 e. The Balaban J connectivity index is 1.51. The van der Waals surface area contributed by atoms with E-state index in [1.54, 1.807) is 29.9 Å². The van der Waals surface area contributed by atoms with Crippen LogP contribution in [0.2, 0.25) is 0 Å². The highest BCUT2D eigenvalue weighted by Gasteiger charge is 2.29. The Bertz CT molecular complexity index is 1350. The Morgan fingerprint density at radius 1 is 1.14 bits per heavy atom. The maximum Gasteiger partial charge on any atom is 0.256 e. The third-order valence-electron chi connectivity index (χ3n) is 4.93. The van der Waals surface area contributed by atoms with Crippen molar-refractivity contribution < 1.29 is 16.3 Å². The molecule has 0 atom stereocenters. The van der Waals surface area contributed by atoms with Crippen molar-refractivity contribution in [3.63, 3.8) is 0 Å². The second kappa shape index (κ2) is 6.48. The summed E-state index contributed by atoms with van der Waals surface area (Å²) in [4.78, 5) is 17.4. The molecule has 4 aromatic rings. The van der Waals surface area contributed by atoms with E-state index in [1.807, 2.05) is 6.20 Å². The zero-order valence-electron chi connectivity index (χ0n) is 17.4. The number of aryl methyl sites for hydroxylation is 1. The minimum Gasteiger partial charge on any atom is -0.328 e. The minimum absolute atomic E-state index is 0.0535. The molecule has 0 saturated heterocycles. The molecule has 7 heteroatoms. The van der Waals surface area contributed by atoms with Gasteiger partial charge in [0.2, 0.25) is 0 Å². The average molecular weight is 392 g/mol. The molecular formula is C22H16F2N4O. The molecule has 0 N–H and O–H groups in total. The van der Waals surface area contributed by atoms with Gasteiger partial charge in [-0.2, -0.15) is 5.10 Å². The predicted octanol–water partition coefficient (Wildman–Crippen LogP) is 4.07. The number of halogens is 2. The summed E-state index contributed by atoms with van der Waals surface area (Å²) in [5.41, 5.74) is 1.39. The summed E-state index contributed by atoms with van der Waals surface area (Å²) >= 11 is 0. The molecule has 0 radical (unpaired) electrons. The number of hydrogen-bond donors (Lipinski definition) is 0. The topological polar surface area (TPSA) is 51.0 Å². The Kier molecular flexibility index (Phi) is 3.42. The number of nitrogens with zero attached hydrogens (tertiary/aromatic N) is 4. The second-order valence-corrected chi connectivity index (χ2v) is 6.90. The van der Waals surface area contributed by atoms with Crippen LogP contribution >= 0.6 is 0 Å². The van der Waals surface area contributed by atoms with Crippen LogP contribution in [0.4, 0.5) is 8.78 Å². The summed E-state index contributed by atoms with van der Waals surface area (Å²) in [6, 6.07) is 10.7. The molecule has 5 rings (SSSR count). The molecule has 1 aliphatic heterocycles. The van der Waals surface area contributed by atoms with E-state index >= 15 is 0 Å². The van der Waals surface area contributed by atoms with Gasteiger partial charge in [0.1, 0.15) is 11.6 Å². The maximum atomic E-state index is 14.9. The lowest BCUT2D eigenvalue weighted by Crippen LogP contribution is -2.24. The van der Waals surface area contributed by atoms with Crippen LogP contribution in [0.25, 0.3) is 22.0 Å². The highest BCUT2D eigenvalue weighted by Crippen LogP contribution is 2.29. The van der Waals surface area contributed by atoms with Crippen LogP contribution in [-0.4, -0.2) is 25.6 Å². The second-order valence-electron chi connectivity index (χ2n) is 6.90. The average Bonchev–Trinajstić information content (AvgIpc) is 3.19. The number of fused-ring (bicyclic) bond motifs is 2. The quantitative estimate of drug-likeness (QED) is 0.528. The maximum absolute atomic E-state index is 14.9. The lowest BCUT2D eigenvalue weighted by atomic mass is 10.0. The normalized spacial score (nSPS) is 16.1. The van der Waals surface area contributed by atoms with Gasteiger partial charge < -0.3 is 4.90 Å². The number of carbonyl (C=O) groups excluding carboxylic acids is 1. The van der Waals surface area contributed by atoms with Gasteiger partial charge in [0.05, 0.1) is 32.6 Å². The van der Waals surface area contributed by atoms with E-state index in [1.165, 1.54) is 30.5 Å². The zero-order chi connectivity index (χ0) is 21.9. The van der Waals surface area contributed by atoms with Gasteiger partial charge in [0.15, 0.2) is 0 Å². The number of hydrogen-bond acceptors (Lipinski definition) is 3. The van der Waals surface area contributed by atoms with Crippen LogP contribution in [0.3, 0.4) is 0 Å². The number of amides is 1. The van der Waals surface area contributed by atoms with E-state index in [-0.39, 0.29) is 16.8 Å². The molecule has 1 aliphatic rings. The first-order chi connectivity index (χ1) is 14.8. The molecule has 0 saturated carbocycles. The first kappa shape index (κ1) is 15.3. The Hall–Kier alpha value is -3.61. The van der Waals surface area contributed by atoms with Crippen LogP contribution < -0.4 is 0 Å². The number of aromatic nitrogens is 3. The van der Waals surface area contributed by atoms with Gasteiger partial charge in [0, 0.05) is 30.4 Å². The van der Waals surface area contributed by atoms with E-state index in [0.29, 0.717) is 11.1 Å². The fraction of sp³-hybridized carbons (Fsp3) is 0.136. The standard InChI is InChI=1S/C22H16F2N4O/c1-27-10-15-7-13(4-5-20(15)26-27)14-8-18(23)17(19(24)9-14)11-28-12-21-16(22(28)29)3-2-6-25-21/h2-10H,11-12H2,1H3/i12D2. The molecular weight excluding hydrogens is 374 g/mol. The molecule has 0 fully saturated rings. The summed E-state index contributed by atoms with van der Waals surface area (Å²) < 4.78 is 48.1. The first-order valence-electron chi connectivity index (χ1n) is 9.95. The Morgan fingerprint density at radius 2 is 1.93 bits per heavy atom. The molecule has 2 aromatic carbocycles. The highest BCUT2D eigenvalue weighted by molar-refractivity contribution is 5.97. The molecule has 0 spiro atoms. The molecule has 0 aliphatic carbocycles. The molecule has 0 bridgehead atoms. The lowest BCUT2D eigenvalue weighted by molar-refractivity contribution is 0.0763. The van der Waals surface area contributed by atoms with E-state index in [9.17, 15) is 13.6 Å². The monoisotopic (exact) mass is 392 g/mol. The molecule has 1 amide bonds. The van der Waals surface area contributed by atoms with Crippen molar-refractivity contribution in [2.24, 2.45) is 7.05 Å². The SMILES string of the molecule is [2H]C1([2H])c2ncccc2C(=O)N1Cc1c(F)cc(-c2ccc3nn(C)cc3c2)cc1F. The van der Waals surface area contributed by atoms with Crippen LogP contribution in [0, 0.1) is 11.6 Å². The van der Waals surface area contributed by atoms with Gasteiger partial charge in [-0.15, -0.1) is 0 Å². The smallest absolute Gasteiger partial charge is 0.256 e. The van der Waals surface area contributed by atoms with Crippen molar-refractivity contribution in [3.05, 3.63) is 83.3 Å². The number of pyridine rings is 1. The van der Waals surface area contributed by atoms with Crippen molar-refractivity contribution in [1.82, 2.24) is 19.7 Å².